The number of aryl methyl sites for hydroxylation is 3. The minimum Gasteiger partial charge on any atom is -0.236 e. The highest BCUT2D eigenvalue weighted by Gasteiger charge is 2.15. The summed E-state index contributed by atoms with van der Waals surface area (Å²) in [6.07, 6.45) is 0. The summed E-state index contributed by atoms with van der Waals surface area (Å²) in [7, 11) is 0. The van der Waals surface area contributed by atoms with Gasteiger partial charge in [-0.2, -0.15) is 5.10 Å². The minimum absolute atomic E-state index is 1.08. The van der Waals surface area contributed by atoms with Gasteiger partial charge in [0, 0.05) is 4.90 Å². The van der Waals surface area contributed by atoms with Gasteiger partial charge in [0.25, 0.3) is 0 Å². The molecule has 2 aromatic carbocycles. The van der Waals surface area contributed by atoms with Crippen molar-refractivity contribution in [1.29, 1.82) is 0 Å². The van der Waals surface area contributed by atoms with Crippen molar-refractivity contribution >= 4 is 11.8 Å². The van der Waals surface area contributed by atoms with Crippen molar-refractivity contribution in [2.75, 3.05) is 0 Å². The first-order chi connectivity index (χ1) is 10.6. The SMILES string of the molecule is Cc1ccc(C)c(-n2nc(C)c(Sc3ccccc3)c2C)c1. The number of benzene rings is 2. The van der Waals surface area contributed by atoms with E-state index in [2.05, 4.69) is 74.8 Å². The van der Waals surface area contributed by atoms with Crippen LogP contribution in [0.2, 0.25) is 0 Å². The van der Waals surface area contributed by atoms with Gasteiger partial charge in [-0.25, -0.2) is 4.68 Å². The van der Waals surface area contributed by atoms with Gasteiger partial charge in [-0.05, 0) is 57.0 Å². The summed E-state index contributed by atoms with van der Waals surface area (Å²) >= 11 is 1.78. The Morgan fingerprint density at radius 2 is 1.64 bits per heavy atom. The Hall–Kier alpha value is -2.00. The molecule has 0 bridgehead atoms. The van der Waals surface area contributed by atoms with E-state index in [9.17, 15) is 0 Å². The van der Waals surface area contributed by atoms with E-state index in [1.165, 1.54) is 32.3 Å². The Labute approximate surface area is 136 Å². The van der Waals surface area contributed by atoms with Gasteiger partial charge >= 0.3 is 0 Å². The molecule has 0 unspecified atom stereocenters. The number of hydrogen-bond acceptors (Lipinski definition) is 2. The Bertz CT molecular complexity index is 804. The van der Waals surface area contributed by atoms with Crippen molar-refractivity contribution in [3.63, 3.8) is 0 Å². The maximum atomic E-state index is 4.77. The predicted octanol–water partition coefficient (Wildman–Crippen LogP) is 5.26. The lowest BCUT2D eigenvalue weighted by Crippen LogP contribution is -2.02. The first-order valence-electron chi connectivity index (χ1n) is 7.43. The van der Waals surface area contributed by atoms with Crippen molar-refractivity contribution in [3.8, 4) is 5.69 Å². The topological polar surface area (TPSA) is 17.8 Å². The molecule has 0 radical (unpaired) electrons. The van der Waals surface area contributed by atoms with E-state index in [0.717, 1.165) is 5.69 Å². The Kier molecular flexibility index (Phi) is 4.08. The molecule has 22 heavy (non-hydrogen) atoms. The van der Waals surface area contributed by atoms with Gasteiger partial charge in [0.1, 0.15) is 0 Å². The first-order valence-corrected chi connectivity index (χ1v) is 8.24. The molecule has 0 aliphatic rings. The third kappa shape index (κ3) is 2.81. The van der Waals surface area contributed by atoms with Crippen molar-refractivity contribution in [2.24, 2.45) is 0 Å². The number of nitrogens with zero attached hydrogens (tertiary/aromatic N) is 2. The number of aromatic nitrogens is 2. The summed E-state index contributed by atoms with van der Waals surface area (Å²) in [6, 6.07) is 17.0. The first kappa shape index (κ1) is 14.9. The highest BCUT2D eigenvalue weighted by Crippen LogP contribution is 2.34. The molecule has 2 nitrogen and oxygen atoms in total. The third-order valence-electron chi connectivity index (χ3n) is 3.78. The standard InChI is InChI=1S/C19H20N2S/c1-13-10-11-14(2)18(12-13)21-16(4)19(15(3)20-21)22-17-8-6-5-7-9-17/h5-12H,1-4H3. The van der Waals surface area contributed by atoms with E-state index in [0.29, 0.717) is 0 Å². The van der Waals surface area contributed by atoms with Gasteiger partial charge in [0.05, 0.1) is 22.0 Å². The molecule has 0 aliphatic heterocycles. The van der Waals surface area contributed by atoms with Gasteiger partial charge in [0.2, 0.25) is 0 Å². The molecule has 3 heteroatoms. The van der Waals surface area contributed by atoms with Gasteiger partial charge in [0.15, 0.2) is 0 Å². The highest BCUT2D eigenvalue weighted by atomic mass is 32.2. The van der Waals surface area contributed by atoms with Crippen LogP contribution in [0.5, 0.6) is 0 Å². The summed E-state index contributed by atoms with van der Waals surface area (Å²) in [5.41, 5.74) is 5.94. The highest BCUT2D eigenvalue weighted by molar-refractivity contribution is 7.99. The van der Waals surface area contributed by atoms with Crippen LogP contribution in [-0.2, 0) is 0 Å². The summed E-state index contributed by atoms with van der Waals surface area (Å²) in [5.74, 6) is 0. The molecule has 1 aromatic heterocycles. The average Bonchev–Trinajstić information content (AvgIpc) is 2.79. The lowest BCUT2D eigenvalue weighted by molar-refractivity contribution is 0.825. The fourth-order valence-electron chi connectivity index (χ4n) is 2.56. The molecule has 1 heterocycles. The molecular formula is C19H20N2S. The second-order valence-electron chi connectivity index (χ2n) is 5.62. The lowest BCUT2D eigenvalue weighted by Gasteiger charge is -2.09. The molecule has 0 amide bonds. The van der Waals surface area contributed by atoms with Gasteiger partial charge in [-0.3, -0.25) is 0 Å². The van der Waals surface area contributed by atoms with E-state index in [1.54, 1.807) is 11.8 Å². The average molecular weight is 308 g/mol. The van der Waals surface area contributed by atoms with Crippen LogP contribution >= 0.6 is 11.8 Å². The Morgan fingerprint density at radius 3 is 2.36 bits per heavy atom. The van der Waals surface area contributed by atoms with E-state index in [-0.39, 0.29) is 0 Å². The second kappa shape index (κ2) is 6.01. The zero-order valence-electron chi connectivity index (χ0n) is 13.4. The predicted molar refractivity (Wildman–Crippen MR) is 93.1 cm³/mol. The van der Waals surface area contributed by atoms with Crippen LogP contribution in [0, 0.1) is 27.7 Å². The fraction of sp³-hybridized carbons (Fsp3) is 0.211. The van der Waals surface area contributed by atoms with Crippen molar-refractivity contribution in [3.05, 3.63) is 71.0 Å². The van der Waals surface area contributed by atoms with Crippen LogP contribution < -0.4 is 0 Å². The van der Waals surface area contributed by atoms with Crippen LogP contribution in [0.25, 0.3) is 5.69 Å². The molecule has 0 spiro atoms. The molecule has 0 atom stereocenters. The maximum Gasteiger partial charge on any atom is 0.0740 e. The molecule has 0 saturated heterocycles. The second-order valence-corrected chi connectivity index (χ2v) is 6.70. The van der Waals surface area contributed by atoms with E-state index >= 15 is 0 Å². The third-order valence-corrected chi connectivity index (χ3v) is 5.08. The normalized spacial score (nSPS) is 10.9. The largest absolute Gasteiger partial charge is 0.236 e. The van der Waals surface area contributed by atoms with Crippen LogP contribution in [0.3, 0.4) is 0 Å². The molecule has 3 rings (SSSR count). The molecule has 0 N–H and O–H groups in total. The summed E-state index contributed by atoms with van der Waals surface area (Å²) < 4.78 is 2.07. The summed E-state index contributed by atoms with van der Waals surface area (Å²) in [5, 5.41) is 4.77. The zero-order valence-corrected chi connectivity index (χ0v) is 14.2. The van der Waals surface area contributed by atoms with Gasteiger partial charge < -0.3 is 0 Å². The summed E-state index contributed by atoms with van der Waals surface area (Å²) in [6.45, 7) is 8.48. The maximum absolute atomic E-state index is 4.77. The van der Waals surface area contributed by atoms with Crippen LogP contribution in [0.15, 0.2) is 58.3 Å². The lowest BCUT2D eigenvalue weighted by atomic mass is 10.1. The molecule has 112 valence electrons. The summed E-state index contributed by atoms with van der Waals surface area (Å²) in [4.78, 5) is 2.49. The molecular weight excluding hydrogens is 288 g/mol. The van der Waals surface area contributed by atoms with Crippen molar-refractivity contribution in [1.82, 2.24) is 9.78 Å². The van der Waals surface area contributed by atoms with Crippen LogP contribution in [-0.4, -0.2) is 9.78 Å². The number of hydrogen-bond donors (Lipinski definition) is 0. The quantitative estimate of drug-likeness (QED) is 0.657. The minimum atomic E-state index is 1.08. The Morgan fingerprint density at radius 1 is 0.909 bits per heavy atom. The van der Waals surface area contributed by atoms with Crippen molar-refractivity contribution < 1.29 is 0 Å². The van der Waals surface area contributed by atoms with Crippen LogP contribution in [0.1, 0.15) is 22.5 Å². The fourth-order valence-corrected chi connectivity index (χ4v) is 3.52. The smallest absolute Gasteiger partial charge is 0.0740 e. The van der Waals surface area contributed by atoms with Gasteiger partial charge in [-0.1, -0.05) is 42.1 Å². The molecule has 0 fully saturated rings. The van der Waals surface area contributed by atoms with Crippen molar-refractivity contribution in [2.45, 2.75) is 37.5 Å². The molecule has 3 aromatic rings. The Balaban J connectivity index is 2.05. The van der Waals surface area contributed by atoms with E-state index < -0.39 is 0 Å². The van der Waals surface area contributed by atoms with E-state index in [1.807, 2.05) is 6.07 Å². The van der Waals surface area contributed by atoms with Gasteiger partial charge in [-0.15, -0.1) is 0 Å². The van der Waals surface area contributed by atoms with Crippen LogP contribution in [0.4, 0.5) is 0 Å². The number of rotatable bonds is 3. The van der Waals surface area contributed by atoms with E-state index in [4.69, 9.17) is 5.10 Å². The molecule has 0 aliphatic carbocycles. The zero-order chi connectivity index (χ0) is 15.7. The molecule has 0 saturated carbocycles. The monoisotopic (exact) mass is 308 g/mol.